The standard InChI is InChI=1S/C16H23NO5/c1-11(2)8-13(14(18)9-15(19)20)17-16(21)22-10-12-6-4-3-5-7-12/h3-7,11,13-14,18H,8-10H2,1-2H3,(H,17,21)(H,19,20)/t13-,14+/m1/s1. The second kappa shape index (κ2) is 9.04. The van der Waals surface area contributed by atoms with Crippen molar-refractivity contribution in [2.45, 2.75) is 45.4 Å². The average molecular weight is 309 g/mol. The van der Waals surface area contributed by atoms with Crippen molar-refractivity contribution in [3.05, 3.63) is 35.9 Å². The van der Waals surface area contributed by atoms with E-state index in [-0.39, 0.29) is 12.5 Å². The van der Waals surface area contributed by atoms with Crippen LogP contribution < -0.4 is 5.32 Å². The lowest BCUT2D eigenvalue weighted by molar-refractivity contribution is -0.139. The van der Waals surface area contributed by atoms with Crippen LogP contribution in [0.4, 0.5) is 4.79 Å². The summed E-state index contributed by atoms with van der Waals surface area (Å²) in [5.74, 6) is -0.913. The van der Waals surface area contributed by atoms with E-state index in [4.69, 9.17) is 9.84 Å². The highest BCUT2D eigenvalue weighted by atomic mass is 16.5. The summed E-state index contributed by atoms with van der Waals surface area (Å²) >= 11 is 0. The molecule has 0 aromatic heterocycles. The molecule has 3 N–H and O–H groups in total. The van der Waals surface area contributed by atoms with Crippen molar-refractivity contribution < 1.29 is 24.5 Å². The predicted octanol–water partition coefficient (Wildman–Crippen LogP) is 2.16. The number of ether oxygens (including phenoxy) is 1. The van der Waals surface area contributed by atoms with Crippen LogP contribution in [0.25, 0.3) is 0 Å². The number of amides is 1. The highest BCUT2D eigenvalue weighted by Gasteiger charge is 2.25. The zero-order chi connectivity index (χ0) is 16.5. The molecule has 0 saturated heterocycles. The normalized spacial score (nSPS) is 13.5. The molecule has 0 radical (unpaired) electrons. The first-order valence-corrected chi connectivity index (χ1v) is 7.25. The molecule has 0 heterocycles. The molecule has 1 aromatic carbocycles. The third-order valence-electron chi connectivity index (χ3n) is 3.09. The lowest BCUT2D eigenvalue weighted by Crippen LogP contribution is -2.45. The van der Waals surface area contributed by atoms with Crippen molar-refractivity contribution in [1.82, 2.24) is 5.32 Å². The van der Waals surface area contributed by atoms with Crippen LogP contribution in [-0.2, 0) is 16.1 Å². The van der Waals surface area contributed by atoms with Gasteiger partial charge in [-0.3, -0.25) is 4.79 Å². The van der Waals surface area contributed by atoms with Crippen LogP contribution >= 0.6 is 0 Å². The van der Waals surface area contributed by atoms with Gasteiger partial charge < -0.3 is 20.3 Å². The number of hydrogen-bond donors (Lipinski definition) is 3. The maximum Gasteiger partial charge on any atom is 0.407 e. The molecule has 0 aliphatic heterocycles. The Morgan fingerprint density at radius 3 is 2.41 bits per heavy atom. The van der Waals surface area contributed by atoms with Crippen molar-refractivity contribution in [2.75, 3.05) is 0 Å². The molecule has 0 unspecified atom stereocenters. The van der Waals surface area contributed by atoms with E-state index in [1.54, 1.807) is 0 Å². The summed E-state index contributed by atoms with van der Waals surface area (Å²) in [4.78, 5) is 22.5. The summed E-state index contributed by atoms with van der Waals surface area (Å²) in [7, 11) is 0. The Morgan fingerprint density at radius 2 is 1.86 bits per heavy atom. The van der Waals surface area contributed by atoms with Gasteiger partial charge in [-0.05, 0) is 17.9 Å². The van der Waals surface area contributed by atoms with Crippen molar-refractivity contribution in [3.8, 4) is 0 Å². The van der Waals surface area contributed by atoms with Gasteiger partial charge in [0, 0.05) is 0 Å². The zero-order valence-corrected chi connectivity index (χ0v) is 12.9. The van der Waals surface area contributed by atoms with Crippen LogP contribution in [0.2, 0.25) is 0 Å². The van der Waals surface area contributed by atoms with Crippen LogP contribution in [0.1, 0.15) is 32.3 Å². The minimum Gasteiger partial charge on any atom is -0.481 e. The second-order valence-corrected chi connectivity index (χ2v) is 5.61. The molecule has 1 aromatic rings. The third-order valence-corrected chi connectivity index (χ3v) is 3.09. The molecule has 0 spiro atoms. The molecule has 6 heteroatoms. The molecule has 0 bridgehead atoms. The summed E-state index contributed by atoms with van der Waals surface area (Å²) in [6.45, 7) is 3.98. The summed E-state index contributed by atoms with van der Waals surface area (Å²) in [6.07, 6.45) is -1.77. The lowest BCUT2D eigenvalue weighted by atomic mass is 9.97. The molecule has 1 rings (SSSR count). The maximum atomic E-state index is 11.8. The number of nitrogens with one attached hydrogen (secondary N) is 1. The Morgan fingerprint density at radius 1 is 1.23 bits per heavy atom. The molecule has 1 amide bonds. The Bertz CT molecular complexity index is 475. The van der Waals surface area contributed by atoms with Crippen LogP contribution in [-0.4, -0.2) is 34.4 Å². The fourth-order valence-electron chi connectivity index (χ4n) is 2.06. The third kappa shape index (κ3) is 7.08. The average Bonchev–Trinajstić information content (AvgIpc) is 2.44. The number of hydrogen-bond acceptors (Lipinski definition) is 4. The molecule has 0 fully saturated rings. The minimum atomic E-state index is -1.15. The largest absolute Gasteiger partial charge is 0.481 e. The monoisotopic (exact) mass is 309 g/mol. The highest BCUT2D eigenvalue weighted by Crippen LogP contribution is 2.11. The Labute approximate surface area is 130 Å². The highest BCUT2D eigenvalue weighted by molar-refractivity contribution is 5.69. The van der Waals surface area contributed by atoms with Gasteiger partial charge in [0.15, 0.2) is 0 Å². The van der Waals surface area contributed by atoms with E-state index >= 15 is 0 Å². The number of carbonyl (C=O) groups excluding carboxylic acids is 1. The summed E-state index contributed by atoms with van der Waals surface area (Å²) < 4.78 is 5.09. The first-order valence-electron chi connectivity index (χ1n) is 7.25. The first-order chi connectivity index (χ1) is 10.4. The molecular weight excluding hydrogens is 286 g/mol. The van der Waals surface area contributed by atoms with Gasteiger partial charge in [-0.1, -0.05) is 44.2 Å². The van der Waals surface area contributed by atoms with Crippen LogP contribution in [0, 0.1) is 5.92 Å². The number of carbonyl (C=O) groups is 2. The van der Waals surface area contributed by atoms with E-state index in [1.165, 1.54) is 0 Å². The Balaban J connectivity index is 2.52. The smallest absolute Gasteiger partial charge is 0.407 e. The quantitative estimate of drug-likeness (QED) is 0.684. The van der Waals surface area contributed by atoms with Gasteiger partial charge >= 0.3 is 12.1 Å². The van der Waals surface area contributed by atoms with Crippen LogP contribution in [0.15, 0.2) is 30.3 Å². The van der Waals surface area contributed by atoms with Gasteiger partial charge in [-0.15, -0.1) is 0 Å². The fourth-order valence-corrected chi connectivity index (χ4v) is 2.06. The summed E-state index contributed by atoms with van der Waals surface area (Å²) in [5, 5.41) is 21.2. The molecule has 0 saturated carbocycles. The fraction of sp³-hybridized carbons (Fsp3) is 0.500. The maximum absolute atomic E-state index is 11.8. The number of alkyl carbamates (subject to hydrolysis) is 1. The Kier molecular flexibility index (Phi) is 7.39. The summed E-state index contributed by atoms with van der Waals surface area (Å²) in [5.41, 5.74) is 0.851. The molecule has 0 aliphatic carbocycles. The predicted molar refractivity (Wildman–Crippen MR) is 81.3 cm³/mol. The number of aliphatic hydroxyl groups excluding tert-OH is 1. The number of aliphatic carboxylic acids is 1. The van der Waals surface area contributed by atoms with Crippen LogP contribution in [0.5, 0.6) is 0 Å². The van der Waals surface area contributed by atoms with Gasteiger partial charge in [0.2, 0.25) is 0 Å². The SMILES string of the molecule is CC(C)C[C@@H](NC(=O)OCc1ccccc1)[C@@H](O)CC(=O)O. The van der Waals surface area contributed by atoms with E-state index in [0.29, 0.717) is 6.42 Å². The van der Waals surface area contributed by atoms with E-state index < -0.39 is 30.6 Å². The van der Waals surface area contributed by atoms with Gasteiger partial charge in [-0.2, -0.15) is 0 Å². The zero-order valence-electron chi connectivity index (χ0n) is 12.9. The van der Waals surface area contributed by atoms with E-state index in [1.807, 2.05) is 44.2 Å². The number of rotatable bonds is 8. The van der Waals surface area contributed by atoms with Crippen LogP contribution in [0.3, 0.4) is 0 Å². The van der Waals surface area contributed by atoms with E-state index in [9.17, 15) is 14.7 Å². The molecule has 6 nitrogen and oxygen atoms in total. The molecule has 0 aliphatic rings. The van der Waals surface area contributed by atoms with Crippen molar-refractivity contribution in [3.63, 3.8) is 0 Å². The lowest BCUT2D eigenvalue weighted by Gasteiger charge is -2.24. The number of carboxylic acid groups (broad SMARTS) is 1. The second-order valence-electron chi connectivity index (χ2n) is 5.61. The van der Waals surface area contributed by atoms with Gasteiger partial charge in [-0.25, -0.2) is 4.79 Å². The molecule has 2 atom stereocenters. The van der Waals surface area contributed by atoms with E-state index in [2.05, 4.69) is 5.32 Å². The number of benzene rings is 1. The summed E-state index contributed by atoms with van der Waals surface area (Å²) in [6, 6.07) is 8.56. The molecule has 22 heavy (non-hydrogen) atoms. The van der Waals surface area contributed by atoms with Gasteiger partial charge in [0.1, 0.15) is 6.61 Å². The van der Waals surface area contributed by atoms with Gasteiger partial charge in [0.05, 0.1) is 18.6 Å². The van der Waals surface area contributed by atoms with E-state index in [0.717, 1.165) is 5.56 Å². The Hall–Kier alpha value is -2.08. The first kappa shape index (κ1) is 18.0. The van der Waals surface area contributed by atoms with Crippen molar-refractivity contribution in [1.29, 1.82) is 0 Å². The minimum absolute atomic E-state index is 0.121. The molecular formula is C16H23NO5. The molecule has 122 valence electrons. The number of carboxylic acids is 1. The number of aliphatic hydroxyl groups is 1. The van der Waals surface area contributed by atoms with Gasteiger partial charge in [0.25, 0.3) is 0 Å². The topological polar surface area (TPSA) is 95.9 Å². The van der Waals surface area contributed by atoms with Crippen molar-refractivity contribution >= 4 is 12.1 Å². The van der Waals surface area contributed by atoms with Crippen molar-refractivity contribution in [2.24, 2.45) is 5.92 Å².